The summed E-state index contributed by atoms with van der Waals surface area (Å²) in [6.07, 6.45) is 0. The summed E-state index contributed by atoms with van der Waals surface area (Å²) >= 11 is 0. The zero-order valence-corrected chi connectivity index (χ0v) is 11.2. The number of carbonyl (C=O) groups excluding carboxylic acids is 2. The summed E-state index contributed by atoms with van der Waals surface area (Å²) < 4.78 is 5.14. The molecule has 0 bridgehead atoms. The lowest BCUT2D eigenvalue weighted by Gasteiger charge is -2.33. The quantitative estimate of drug-likeness (QED) is 0.609. The Morgan fingerprint density at radius 2 is 2.21 bits per heavy atom. The molecular formula is C11H19N3O5. The van der Waals surface area contributed by atoms with Crippen molar-refractivity contribution in [2.45, 2.75) is 25.5 Å². The van der Waals surface area contributed by atoms with Crippen LogP contribution in [0.2, 0.25) is 0 Å². The Hall–Kier alpha value is -1.83. The molecule has 1 unspecified atom stereocenters. The highest BCUT2D eigenvalue weighted by molar-refractivity contribution is 5.90. The molecule has 1 aliphatic rings. The van der Waals surface area contributed by atoms with E-state index < -0.39 is 23.6 Å². The molecule has 0 spiro atoms. The molecule has 8 nitrogen and oxygen atoms in total. The largest absolute Gasteiger partial charge is 0.480 e. The monoisotopic (exact) mass is 273 g/mol. The number of ether oxygens (including phenoxy) is 1. The number of amides is 3. The molecule has 3 amide bonds. The highest BCUT2D eigenvalue weighted by Crippen LogP contribution is 2.08. The van der Waals surface area contributed by atoms with Crippen LogP contribution in [-0.4, -0.2) is 66.3 Å². The second kappa shape index (κ2) is 5.87. The third-order valence-electron chi connectivity index (χ3n) is 2.95. The van der Waals surface area contributed by atoms with E-state index in [1.807, 2.05) is 0 Å². The van der Waals surface area contributed by atoms with Gasteiger partial charge in [0, 0.05) is 20.2 Å². The fraction of sp³-hybridized carbons (Fsp3) is 0.727. The lowest BCUT2D eigenvalue weighted by molar-refractivity contribution is -0.144. The zero-order valence-electron chi connectivity index (χ0n) is 11.2. The number of carboxylic acids is 1. The molecule has 1 aliphatic heterocycles. The molecule has 0 aromatic carbocycles. The minimum atomic E-state index is -1.15. The second-order valence-electron chi connectivity index (χ2n) is 4.91. The van der Waals surface area contributed by atoms with Crippen molar-refractivity contribution < 1.29 is 24.2 Å². The van der Waals surface area contributed by atoms with Gasteiger partial charge >= 0.3 is 12.0 Å². The van der Waals surface area contributed by atoms with Crippen LogP contribution in [0.25, 0.3) is 0 Å². The van der Waals surface area contributed by atoms with E-state index in [0.29, 0.717) is 0 Å². The third-order valence-corrected chi connectivity index (χ3v) is 2.95. The fourth-order valence-corrected chi connectivity index (χ4v) is 1.54. The molecule has 0 saturated carbocycles. The Balaban J connectivity index is 2.66. The zero-order chi connectivity index (χ0) is 14.6. The van der Waals surface area contributed by atoms with Gasteiger partial charge in [0.2, 0.25) is 5.91 Å². The smallest absolute Gasteiger partial charge is 0.328 e. The van der Waals surface area contributed by atoms with E-state index in [1.165, 1.54) is 7.11 Å². The van der Waals surface area contributed by atoms with Gasteiger partial charge in [0.05, 0.1) is 5.60 Å². The molecule has 1 rings (SSSR count). The van der Waals surface area contributed by atoms with Crippen molar-refractivity contribution in [1.29, 1.82) is 0 Å². The van der Waals surface area contributed by atoms with E-state index in [4.69, 9.17) is 9.84 Å². The van der Waals surface area contributed by atoms with Crippen LogP contribution in [0.1, 0.15) is 13.8 Å². The van der Waals surface area contributed by atoms with E-state index in [1.54, 1.807) is 13.8 Å². The number of aliphatic carboxylic acids is 1. The Morgan fingerprint density at radius 1 is 1.58 bits per heavy atom. The summed E-state index contributed by atoms with van der Waals surface area (Å²) in [4.78, 5) is 35.2. The maximum Gasteiger partial charge on any atom is 0.328 e. The Morgan fingerprint density at radius 3 is 2.74 bits per heavy atom. The molecule has 0 aliphatic carbocycles. The summed E-state index contributed by atoms with van der Waals surface area (Å²) in [5.41, 5.74) is -0.563. The van der Waals surface area contributed by atoms with Gasteiger partial charge in [-0.25, -0.2) is 9.59 Å². The maximum absolute atomic E-state index is 11.9. The molecule has 0 aromatic heterocycles. The number of nitrogens with zero attached hydrogens (tertiary/aromatic N) is 1. The van der Waals surface area contributed by atoms with Crippen LogP contribution in [0.15, 0.2) is 0 Å². The predicted octanol–water partition coefficient (Wildman–Crippen LogP) is -0.994. The first-order chi connectivity index (χ1) is 8.76. The Bertz CT molecular complexity index is 383. The Kier molecular flexibility index (Phi) is 4.71. The second-order valence-corrected chi connectivity index (χ2v) is 4.91. The van der Waals surface area contributed by atoms with Gasteiger partial charge in [-0.1, -0.05) is 0 Å². The van der Waals surface area contributed by atoms with Crippen LogP contribution < -0.4 is 10.6 Å². The van der Waals surface area contributed by atoms with Crippen molar-refractivity contribution in [2.75, 3.05) is 26.7 Å². The summed E-state index contributed by atoms with van der Waals surface area (Å²) in [6, 6.07) is -1.64. The van der Waals surface area contributed by atoms with Gasteiger partial charge in [-0.05, 0) is 13.8 Å². The maximum atomic E-state index is 11.9. The van der Waals surface area contributed by atoms with Crippen molar-refractivity contribution in [2.24, 2.45) is 0 Å². The average Bonchev–Trinajstić information content (AvgIpc) is 2.35. The molecular weight excluding hydrogens is 254 g/mol. The van der Waals surface area contributed by atoms with E-state index in [9.17, 15) is 14.4 Å². The number of nitrogens with one attached hydrogen (secondary N) is 2. The first-order valence-corrected chi connectivity index (χ1v) is 5.86. The van der Waals surface area contributed by atoms with Crippen molar-refractivity contribution in [3.05, 3.63) is 0 Å². The summed E-state index contributed by atoms with van der Waals surface area (Å²) in [5.74, 6) is -1.53. The van der Waals surface area contributed by atoms with Gasteiger partial charge in [-0.2, -0.15) is 0 Å². The molecule has 3 N–H and O–H groups in total. The van der Waals surface area contributed by atoms with Crippen LogP contribution in [-0.2, 0) is 14.3 Å². The first kappa shape index (κ1) is 15.2. The number of piperazine rings is 1. The van der Waals surface area contributed by atoms with Crippen LogP contribution in [0, 0.1) is 0 Å². The molecule has 108 valence electrons. The number of hydrogen-bond acceptors (Lipinski definition) is 4. The standard InChI is InChI=1S/C11H19N3O5/c1-11(2,19-3)6-13-10(18)14-5-8(15)12-4-7(14)9(16)17/h7H,4-6H2,1-3H3,(H,12,15)(H,13,18)(H,16,17). The number of carbonyl (C=O) groups is 3. The van der Waals surface area contributed by atoms with Crippen LogP contribution in [0.5, 0.6) is 0 Å². The molecule has 19 heavy (non-hydrogen) atoms. The minimum absolute atomic E-state index is 0.0880. The van der Waals surface area contributed by atoms with Crippen LogP contribution in [0.3, 0.4) is 0 Å². The molecule has 0 aromatic rings. The number of carboxylic acid groups (broad SMARTS) is 1. The number of urea groups is 1. The van der Waals surface area contributed by atoms with Gasteiger partial charge in [-0.15, -0.1) is 0 Å². The topological polar surface area (TPSA) is 108 Å². The van der Waals surface area contributed by atoms with Crippen molar-refractivity contribution in [3.63, 3.8) is 0 Å². The van der Waals surface area contributed by atoms with Crippen molar-refractivity contribution in [3.8, 4) is 0 Å². The van der Waals surface area contributed by atoms with Gasteiger partial charge < -0.3 is 20.5 Å². The predicted molar refractivity (Wildman–Crippen MR) is 65.6 cm³/mol. The van der Waals surface area contributed by atoms with Gasteiger partial charge in [0.1, 0.15) is 12.6 Å². The summed E-state index contributed by atoms with van der Waals surface area (Å²) in [6.45, 7) is 3.42. The van der Waals surface area contributed by atoms with Crippen LogP contribution >= 0.6 is 0 Å². The molecule has 1 saturated heterocycles. The number of hydrogen-bond donors (Lipinski definition) is 3. The molecule has 1 heterocycles. The average molecular weight is 273 g/mol. The number of methoxy groups -OCH3 is 1. The summed E-state index contributed by atoms with van der Waals surface area (Å²) in [7, 11) is 1.51. The van der Waals surface area contributed by atoms with Crippen LogP contribution in [0.4, 0.5) is 4.79 Å². The number of rotatable bonds is 4. The molecule has 0 radical (unpaired) electrons. The van der Waals surface area contributed by atoms with E-state index in [-0.39, 0.29) is 25.5 Å². The highest BCUT2D eigenvalue weighted by atomic mass is 16.5. The fourth-order valence-electron chi connectivity index (χ4n) is 1.54. The molecule has 8 heteroatoms. The summed E-state index contributed by atoms with van der Waals surface area (Å²) in [5, 5.41) is 14.0. The third kappa shape index (κ3) is 4.09. The SMILES string of the molecule is COC(C)(C)CNC(=O)N1CC(=O)NCC1C(=O)O. The molecule has 1 atom stereocenters. The highest BCUT2D eigenvalue weighted by Gasteiger charge is 2.35. The first-order valence-electron chi connectivity index (χ1n) is 5.86. The minimum Gasteiger partial charge on any atom is -0.480 e. The molecule has 1 fully saturated rings. The lowest BCUT2D eigenvalue weighted by atomic mass is 10.1. The van der Waals surface area contributed by atoms with E-state index >= 15 is 0 Å². The van der Waals surface area contributed by atoms with Crippen molar-refractivity contribution >= 4 is 17.9 Å². The van der Waals surface area contributed by atoms with Gasteiger partial charge in [-0.3, -0.25) is 9.69 Å². The van der Waals surface area contributed by atoms with Gasteiger partial charge in [0.15, 0.2) is 0 Å². The van der Waals surface area contributed by atoms with E-state index in [2.05, 4.69) is 10.6 Å². The lowest BCUT2D eigenvalue weighted by Crippen LogP contribution is -2.62. The van der Waals surface area contributed by atoms with Gasteiger partial charge in [0.25, 0.3) is 0 Å². The Labute approximate surface area is 111 Å². The van der Waals surface area contributed by atoms with Crippen molar-refractivity contribution in [1.82, 2.24) is 15.5 Å². The normalized spacial score (nSPS) is 19.8. The van der Waals surface area contributed by atoms with E-state index in [0.717, 1.165) is 4.90 Å².